The first-order chi connectivity index (χ1) is 9.15. The van der Waals surface area contributed by atoms with Crippen LogP contribution in [0.15, 0.2) is 24.3 Å². The molecule has 100 valence electrons. The number of aryl methyl sites for hydroxylation is 1. The van der Waals surface area contributed by atoms with Gasteiger partial charge in [0.1, 0.15) is 9.88 Å². The Balaban J connectivity index is 2.41. The quantitative estimate of drug-likeness (QED) is 0.688. The molecule has 0 radical (unpaired) electrons. The van der Waals surface area contributed by atoms with Gasteiger partial charge in [-0.1, -0.05) is 13.3 Å². The number of esters is 1. The molecule has 0 unspecified atom stereocenters. The second-order valence-electron chi connectivity index (χ2n) is 4.16. The average molecular weight is 276 g/mol. The zero-order valence-corrected chi connectivity index (χ0v) is 11.8. The summed E-state index contributed by atoms with van der Waals surface area (Å²) in [5, 5.41) is 0.823. The van der Waals surface area contributed by atoms with Crippen LogP contribution in [0, 0.1) is 0 Å². The second kappa shape index (κ2) is 5.84. The summed E-state index contributed by atoms with van der Waals surface area (Å²) < 4.78 is 4.80. The molecular weight excluding hydrogens is 260 g/mol. The number of ether oxygens (including phenoxy) is 1. The predicted octanol–water partition coefficient (Wildman–Crippen LogP) is 3.13. The van der Waals surface area contributed by atoms with E-state index in [-0.39, 0.29) is 5.97 Å². The summed E-state index contributed by atoms with van der Waals surface area (Å²) in [5.74, 6) is -0.317. The van der Waals surface area contributed by atoms with Gasteiger partial charge in [-0.2, -0.15) is 0 Å². The van der Waals surface area contributed by atoms with Crippen LogP contribution in [0.25, 0.3) is 10.6 Å². The lowest BCUT2D eigenvalue weighted by molar-refractivity contribution is 0.0605. The molecule has 0 spiro atoms. The van der Waals surface area contributed by atoms with Crippen LogP contribution >= 0.6 is 11.3 Å². The molecule has 1 aromatic heterocycles. The number of rotatable bonds is 4. The van der Waals surface area contributed by atoms with Crippen molar-refractivity contribution in [2.45, 2.75) is 19.8 Å². The Morgan fingerprint density at radius 1 is 1.37 bits per heavy atom. The van der Waals surface area contributed by atoms with Gasteiger partial charge in [-0.25, -0.2) is 9.78 Å². The van der Waals surface area contributed by atoms with E-state index in [2.05, 4.69) is 11.9 Å². The number of carbonyl (C=O) groups is 1. The summed E-state index contributed by atoms with van der Waals surface area (Å²) in [6.45, 7) is 2.06. The van der Waals surface area contributed by atoms with Crippen LogP contribution in [0.3, 0.4) is 0 Å². The van der Waals surface area contributed by atoms with Crippen LogP contribution in [0.4, 0.5) is 5.69 Å². The summed E-state index contributed by atoms with van der Waals surface area (Å²) in [4.78, 5) is 16.9. The number of hydrogen-bond acceptors (Lipinski definition) is 5. The SMILES string of the molecule is CCCc1nc(-c2ccc(N)cc2)sc1C(=O)OC. The Labute approximate surface area is 116 Å². The lowest BCUT2D eigenvalue weighted by Crippen LogP contribution is -2.02. The third-order valence-corrected chi connectivity index (χ3v) is 3.84. The molecule has 0 saturated carbocycles. The molecular formula is C14H16N2O2S. The van der Waals surface area contributed by atoms with Crippen molar-refractivity contribution in [2.24, 2.45) is 0 Å². The summed E-state index contributed by atoms with van der Waals surface area (Å²) in [6, 6.07) is 7.47. The monoisotopic (exact) mass is 276 g/mol. The Hall–Kier alpha value is -1.88. The molecule has 1 aromatic carbocycles. The fourth-order valence-electron chi connectivity index (χ4n) is 1.76. The molecule has 0 bridgehead atoms. The van der Waals surface area contributed by atoms with Crippen molar-refractivity contribution in [1.29, 1.82) is 0 Å². The van der Waals surface area contributed by atoms with Crippen LogP contribution in [0.2, 0.25) is 0 Å². The molecule has 0 saturated heterocycles. The van der Waals surface area contributed by atoms with Crippen molar-refractivity contribution < 1.29 is 9.53 Å². The summed E-state index contributed by atoms with van der Waals surface area (Å²) in [5.41, 5.74) is 8.15. The minimum absolute atomic E-state index is 0.317. The first-order valence-electron chi connectivity index (χ1n) is 6.09. The largest absolute Gasteiger partial charge is 0.465 e. The van der Waals surface area contributed by atoms with Gasteiger partial charge in [0, 0.05) is 11.3 Å². The molecule has 0 amide bonds. The highest BCUT2D eigenvalue weighted by molar-refractivity contribution is 7.17. The van der Waals surface area contributed by atoms with Crippen molar-refractivity contribution in [3.63, 3.8) is 0 Å². The number of hydrogen-bond donors (Lipinski definition) is 1. The Kier molecular flexibility index (Phi) is 4.16. The van der Waals surface area contributed by atoms with Crippen molar-refractivity contribution >= 4 is 23.0 Å². The van der Waals surface area contributed by atoms with Crippen molar-refractivity contribution in [1.82, 2.24) is 4.98 Å². The van der Waals surface area contributed by atoms with E-state index in [4.69, 9.17) is 10.5 Å². The van der Waals surface area contributed by atoms with Gasteiger partial charge in [0.25, 0.3) is 0 Å². The molecule has 2 aromatic rings. The smallest absolute Gasteiger partial charge is 0.349 e. The first-order valence-corrected chi connectivity index (χ1v) is 6.91. The second-order valence-corrected chi connectivity index (χ2v) is 5.16. The number of methoxy groups -OCH3 is 1. The fourth-order valence-corrected chi connectivity index (χ4v) is 2.79. The number of nitrogens with two attached hydrogens (primary N) is 1. The van der Waals surface area contributed by atoms with Crippen molar-refractivity contribution in [3.8, 4) is 10.6 Å². The maximum absolute atomic E-state index is 11.7. The van der Waals surface area contributed by atoms with Crippen LogP contribution in [0.5, 0.6) is 0 Å². The van der Waals surface area contributed by atoms with Crippen LogP contribution < -0.4 is 5.73 Å². The number of nitrogen functional groups attached to an aromatic ring is 1. The standard InChI is InChI=1S/C14H16N2O2S/c1-3-4-11-12(14(17)18-2)19-13(16-11)9-5-7-10(15)8-6-9/h5-8H,3-4,15H2,1-2H3. The first kappa shape index (κ1) is 13.5. The van der Waals surface area contributed by atoms with Gasteiger partial charge in [0.15, 0.2) is 0 Å². The number of aromatic nitrogens is 1. The highest BCUT2D eigenvalue weighted by Gasteiger charge is 2.18. The third kappa shape index (κ3) is 2.93. The maximum Gasteiger partial charge on any atom is 0.349 e. The molecule has 5 heteroatoms. The Bertz CT molecular complexity index is 576. The Morgan fingerprint density at radius 3 is 2.63 bits per heavy atom. The molecule has 1 heterocycles. The average Bonchev–Trinajstić information content (AvgIpc) is 2.83. The number of anilines is 1. The van der Waals surface area contributed by atoms with E-state index in [1.165, 1.54) is 18.4 Å². The minimum Gasteiger partial charge on any atom is -0.465 e. The van der Waals surface area contributed by atoms with Gasteiger partial charge in [-0.05, 0) is 30.7 Å². The van der Waals surface area contributed by atoms with E-state index in [0.29, 0.717) is 10.6 Å². The van der Waals surface area contributed by atoms with Gasteiger partial charge in [0.05, 0.1) is 12.8 Å². The topological polar surface area (TPSA) is 65.2 Å². The van der Waals surface area contributed by atoms with Gasteiger partial charge in [-0.15, -0.1) is 11.3 Å². The molecule has 2 rings (SSSR count). The zero-order valence-electron chi connectivity index (χ0n) is 11.0. The van der Waals surface area contributed by atoms with Gasteiger partial charge < -0.3 is 10.5 Å². The zero-order chi connectivity index (χ0) is 13.8. The molecule has 0 atom stereocenters. The molecule has 0 aliphatic rings. The number of thiazole rings is 1. The van der Waals surface area contributed by atoms with Crippen LogP contribution in [-0.4, -0.2) is 18.1 Å². The highest BCUT2D eigenvalue weighted by atomic mass is 32.1. The normalized spacial score (nSPS) is 10.4. The number of nitrogens with zero attached hydrogens (tertiary/aromatic N) is 1. The van der Waals surface area contributed by atoms with Crippen LogP contribution in [0.1, 0.15) is 28.7 Å². The van der Waals surface area contributed by atoms with Gasteiger partial charge >= 0.3 is 5.97 Å². The van der Waals surface area contributed by atoms with Crippen molar-refractivity contribution in [2.75, 3.05) is 12.8 Å². The van der Waals surface area contributed by atoms with E-state index in [9.17, 15) is 4.79 Å². The summed E-state index contributed by atoms with van der Waals surface area (Å²) in [7, 11) is 1.39. The Morgan fingerprint density at radius 2 is 2.05 bits per heavy atom. The third-order valence-electron chi connectivity index (χ3n) is 2.71. The molecule has 0 aliphatic carbocycles. The lowest BCUT2D eigenvalue weighted by atomic mass is 10.2. The minimum atomic E-state index is -0.317. The molecule has 0 aliphatic heterocycles. The lowest BCUT2D eigenvalue weighted by Gasteiger charge is -1.97. The summed E-state index contributed by atoms with van der Waals surface area (Å²) >= 11 is 1.36. The van der Waals surface area contributed by atoms with E-state index in [1.54, 1.807) is 0 Å². The van der Waals surface area contributed by atoms with Gasteiger partial charge in [-0.3, -0.25) is 0 Å². The summed E-state index contributed by atoms with van der Waals surface area (Å²) in [6.07, 6.45) is 1.71. The van der Waals surface area contributed by atoms with Gasteiger partial charge in [0.2, 0.25) is 0 Å². The number of carbonyl (C=O) groups excluding carboxylic acids is 1. The van der Waals surface area contributed by atoms with E-state index in [1.807, 2.05) is 24.3 Å². The van der Waals surface area contributed by atoms with E-state index < -0.39 is 0 Å². The number of benzene rings is 1. The van der Waals surface area contributed by atoms with Crippen LogP contribution in [-0.2, 0) is 11.2 Å². The molecule has 0 fully saturated rings. The fraction of sp³-hybridized carbons (Fsp3) is 0.286. The predicted molar refractivity (Wildman–Crippen MR) is 77.3 cm³/mol. The van der Waals surface area contributed by atoms with Crippen molar-refractivity contribution in [3.05, 3.63) is 34.8 Å². The van der Waals surface area contributed by atoms with E-state index >= 15 is 0 Å². The molecule has 2 N–H and O–H groups in total. The molecule has 4 nitrogen and oxygen atoms in total. The maximum atomic E-state index is 11.7. The molecule has 19 heavy (non-hydrogen) atoms. The van der Waals surface area contributed by atoms with E-state index in [0.717, 1.165) is 29.1 Å². The highest BCUT2D eigenvalue weighted by Crippen LogP contribution is 2.29.